The molecule has 3 aromatic heterocycles. The summed E-state index contributed by atoms with van der Waals surface area (Å²) in [5, 5.41) is 8.63. The molecule has 0 saturated carbocycles. The minimum atomic E-state index is -0.142. The van der Waals surface area contributed by atoms with Crippen LogP contribution < -0.4 is 10.1 Å². The molecule has 0 aliphatic heterocycles. The average Bonchev–Trinajstić information content (AvgIpc) is 3.34. The number of unbranched alkanes of at least 4 members (excludes halogenated alkanes) is 1. The van der Waals surface area contributed by atoms with Gasteiger partial charge in [0.15, 0.2) is 0 Å². The van der Waals surface area contributed by atoms with E-state index in [4.69, 9.17) is 14.6 Å². The van der Waals surface area contributed by atoms with Crippen LogP contribution in [0.5, 0.6) is 5.75 Å². The Morgan fingerprint density at radius 1 is 1.08 bits per heavy atom. The van der Waals surface area contributed by atoms with Gasteiger partial charge in [0.25, 0.3) is 0 Å². The molecule has 0 unspecified atom stereocenters. The van der Waals surface area contributed by atoms with E-state index in [0.717, 1.165) is 63.9 Å². The highest BCUT2D eigenvalue weighted by Crippen LogP contribution is 2.33. The first-order chi connectivity index (χ1) is 18.6. The summed E-state index contributed by atoms with van der Waals surface area (Å²) >= 11 is 3.60. The molecule has 200 valence electrons. The quantitative estimate of drug-likeness (QED) is 0.142. The number of aryl methyl sites for hydroxylation is 1. The van der Waals surface area contributed by atoms with E-state index in [2.05, 4.69) is 55.9 Å². The Morgan fingerprint density at radius 3 is 2.68 bits per heavy atom. The molecule has 8 heteroatoms. The molecule has 3 heterocycles. The number of carbonyl (C=O) groups is 1. The van der Waals surface area contributed by atoms with Crippen LogP contribution in [0.25, 0.3) is 16.6 Å². The molecule has 4 aromatic rings. The Hall–Kier alpha value is -3.23. The average molecular weight is 580 g/mol. The van der Waals surface area contributed by atoms with Crippen LogP contribution in [-0.4, -0.2) is 40.3 Å². The molecule has 38 heavy (non-hydrogen) atoms. The largest absolute Gasteiger partial charge is 0.492 e. The van der Waals surface area contributed by atoms with Crippen molar-refractivity contribution in [2.45, 2.75) is 52.5 Å². The second-order valence-electron chi connectivity index (χ2n) is 9.02. The fourth-order valence-corrected chi connectivity index (χ4v) is 4.94. The minimum absolute atomic E-state index is 0.142. The van der Waals surface area contributed by atoms with E-state index < -0.39 is 0 Å². The van der Waals surface area contributed by atoms with E-state index in [1.165, 1.54) is 5.56 Å². The molecule has 1 N–H and O–H groups in total. The summed E-state index contributed by atoms with van der Waals surface area (Å²) in [5.41, 5.74) is 6.58. The van der Waals surface area contributed by atoms with E-state index in [1.807, 2.05) is 43.5 Å². The normalized spacial score (nSPS) is 11.1. The van der Waals surface area contributed by atoms with Gasteiger partial charge >= 0.3 is 5.97 Å². The molecule has 7 nitrogen and oxygen atoms in total. The molecule has 0 spiro atoms. The number of halogens is 1. The van der Waals surface area contributed by atoms with Crippen molar-refractivity contribution in [2.24, 2.45) is 0 Å². The van der Waals surface area contributed by atoms with E-state index in [9.17, 15) is 4.79 Å². The summed E-state index contributed by atoms with van der Waals surface area (Å²) in [6.07, 6.45) is 7.43. The van der Waals surface area contributed by atoms with Crippen molar-refractivity contribution >= 4 is 27.4 Å². The summed E-state index contributed by atoms with van der Waals surface area (Å²) in [7, 11) is 0. The maximum Gasteiger partial charge on any atom is 0.305 e. The Morgan fingerprint density at radius 2 is 1.92 bits per heavy atom. The summed E-state index contributed by atoms with van der Waals surface area (Å²) < 4.78 is 14.0. The van der Waals surface area contributed by atoms with E-state index in [-0.39, 0.29) is 5.97 Å². The Labute approximate surface area is 232 Å². The van der Waals surface area contributed by atoms with E-state index in [1.54, 1.807) is 6.20 Å². The number of nitrogens with one attached hydrogen (secondary N) is 1. The number of nitrogens with zero attached hydrogens (tertiary/aromatic N) is 3. The molecule has 0 saturated heterocycles. The molecule has 1 aromatic carbocycles. The fraction of sp³-hybridized carbons (Fsp3) is 0.367. The van der Waals surface area contributed by atoms with Crippen LogP contribution in [0.4, 0.5) is 0 Å². The number of para-hydroxylation sites is 1. The number of esters is 1. The molecule has 0 fully saturated rings. The van der Waals surface area contributed by atoms with Gasteiger partial charge in [-0.05, 0) is 84.4 Å². The Bertz CT molecular complexity index is 1340. The van der Waals surface area contributed by atoms with Gasteiger partial charge < -0.3 is 14.8 Å². The molecule has 0 aliphatic rings. The van der Waals surface area contributed by atoms with Crippen LogP contribution in [0.15, 0.2) is 65.4 Å². The third-order valence-corrected chi connectivity index (χ3v) is 6.80. The third kappa shape index (κ3) is 7.20. The molecule has 0 radical (unpaired) electrons. The topological polar surface area (TPSA) is 77.8 Å². The molecular weight excluding hydrogens is 544 g/mol. The van der Waals surface area contributed by atoms with Crippen molar-refractivity contribution in [1.82, 2.24) is 19.9 Å². The highest BCUT2D eigenvalue weighted by Gasteiger charge is 2.19. The molecule has 0 bridgehead atoms. The van der Waals surface area contributed by atoms with Crippen molar-refractivity contribution in [1.29, 1.82) is 0 Å². The number of aromatic nitrogens is 3. The maximum absolute atomic E-state index is 11.9. The van der Waals surface area contributed by atoms with Crippen molar-refractivity contribution in [2.75, 3.05) is 19.8 Å². The SMILES string of the molecule is CCOC(=O)CCCCc1c(CNCCOc2ccccc2)nn2c(CC)ccc2c1-c1cncc(Br)c1. The smallest absolute Gasteiger partial charge is 0.305 e. The van der Waals surface area contributed by atoms with Crippen LogP contribution in [0.1, 0.15) is 50.1 Å². The van der Waals surface area contributed by atoms with Crippen LogP contribution in [0, 0.1) is 0 Å². The first kappa shape index (κ1) is 27.8. The van der Waals surface area contributed by atoms with Crippen LogP contribution in [0.2, 0.25) is 0 Å². The first-order valence-corrected chi connectivity index (χ1v) is 14.1. The second kappa shape index (κ2) is 14.1. The standard InChI is InChI=1S/C30H35BrN4O3/c1-3-24-14-15-28-30(22-18-23(31)20-33-19-22)26(12-8-9-13-29(36)37-4-2)27(34-35(24)28)21-32-16-17-38-25-10-6-5-7-11-25/h5-7,10-11,14-15,18-20,32H,3-4,8-9,12-13,16-17,21H2,1-2H3. The van der Waals surface area contributed by atoms with Gasteiger partial charge in [0.05, 0.1) is 17.8 Å². The van der Waals surface area contributed by atoms with Gasteiger partial charge in [0.1, 0.15) is 12.4 Å². The molecular formula is C30H35BrN4O3. The van der Waals surface area contributed by atoms with Crippen LogP contribution in [0.3, 0.4) is 0 Å². The van der Waals surface area contributed by atoms with E-state index >= 15 is 0 Å². The van der Waals surface area contributed by atoms with Gasteiger partial charge in [0, 0.05) is 53.2 Å². The number of hydrogen-bond donors (Lipinski definition) is 1. The van der Waals surface area contributed by atoms with Gasteiger partial charge in [-0.3, -0.25) is 9.78 Å². The zero-order valence-corrected chi connectivity index (χ0v) is 23.7. The van der Waals surface area contributed by atoms with Gasteiger partial charge in [-0.25, -0.2) is 4.52 Å². The van der Waals surface area contributed by atoms with Crippen molar-refractivity contribution in [3.63, 3.8) is 0 Å². The Kier molecular flexibility index (Phi) is 10.3. The lowest BCUT2D eigenvalue weighted by molar-refractivity contribution is -0.143. The molecule has 4 rings (SSSR count). The number of benzene rings is 1. The summed E-state index contributed by atoms with van der Waals surface area (Å²) in [5.74, 6) is 0.720. The monoisotopic (exact) mass is 578 g/mol. The number of carbonyl (C=O) groups excluding carboxylic acids is 1. The van der Waals surface area contributed by atoms with Gasteiger partial charge in [-0.2, -0.15) is 5.10 Å². The van der Waals surface area contributed by atoms with Gasteiger partial charge in [0.2, 0.25) is 0 Å². The maximum atomic E-state index is 11.9. The highest BCUT2D eigenvalue weighted by atomic mass is 79.9. The number of ether oxygens (including phenoxy) is 2. The third-order valence-electron chi connectivity index (χ3n) is 6.36. The lowest BCUT2D eigenvalue weighted by atomic mass is 9.95. The number of fused-ring (bicyclic) bond motifs is 1. The van der Waals surface area contributed by atoms with Crippen LogP contribution in [-0.2, 0) is 28.9 Å². The van der Waals surface area contributed by atoms with E-state index in [0.29, 0.717) is 32.7 Å². The van der Waals surface area contributed by atoms with Crippen molar-refractivity contribution < 1.29 is 14.3 Å². The van der Waals surface area contributed by atoms with Crippen LogP contribution >= 0.6 is 15.9 Å². The number of pyridine rings is 1. The minimum Gasteiger partial charge on any atom is -0.492 e. The summed E-state index contributed by atoms with van der Waals surface area (Å²) in [6.45, 7) is 6.26. The van der Waals surface area contributed by atoms with Crippen molar-refractivity contribution in [3.8, 4) is 16.9 Å². The number of hydrogen-bond acceptors (Lipinski definition) is 6. The molecule has 0 atom stereocenters. The first-order valence-electron chi connectivity index (χ1n) is 13.3. The van der Waals surface area contributed by atoms with Crippen molar-refractivity contribution in [3.05, 3.63) is 82.3 Å². The Balaban J connectivity index is 1.61. The lowest BCUT2D eigenvalue weighted by Crippen LogP contribution is -2.23. The fourth-order valence-electron chi connectivity index (χ4n) is 4.58. The number of rotatable bonds is 14. The predicted molar refractivity (Wildman–Crippen MR) is 153 cm³/mol. The predicted octanol–water partition coefficient (Wildman–Crippen LogP) is 6.17. The van der Waals surface area contributed by atoms with Gasteiger partial charge in [-0.15, -0.1) is 0 Å². The molecule has 0 aliphatic carbocycles. The zero-order valence-electron chi connectivity index (χ0n) is 22.1. The lowest BCUT2D eigenvalue weighted by Gasteiger charge is -2.18. The second-order valence-corrected chi connectivity index (χ2v) is 9.93. The summed E-state index contributed by atoms with van der Waals surface area (Å²) in [4.78, 5) is 16.3. The highest BCUT2D eigenvalue weighted by molar-refractivity contribution is 9.10. The summed E-state index contributed by atoms with van der Waals surface area (Å²) in [6, 6.07) is 16.2. The zero-order chi connectivity index (χ0) is 26.7. The molecule has 0 amide bonds. The van der Waals surface area contributed by atoms with Gasteiger partial charge in [-0.1, -0.05) is 25.1 Å².